The van der Waals surface area contributed by atoms with Gasteiger partial charge in [-0.15, -0.1) is 0 Å². The van der Waals surface area contributed by atoms with Crippen LogP contribution in [0.15, 0.2) is 48.5 Å². The number of ether oxygens (including phenoxy) is 2. The second-order valence-electron chi connectivity index (χ2n) is 5.38. The fraction of sp³-hybridized carbons (Fsp3) is 0.316. The van der Waals surface area contributed by atoms with Gasteiger partial charge in [0, 0.05) is 12.6 Å². The molecule has 2 aromatic carbocycles. The molecule has 1 amide bonds. The molecule has 0 aromatic heterocycles. The summed E-state index contributed by atoms with van der Waals surface area (Å²) in [6.45, 7) is 5.01. The maximum atomic E-state index is 12.4. The molecule has 0 heterocycles. The number of hydrogen-bond donors (Lipinski definition) is 2. The van der Waals surface area contributed by atoms with Gasteiger partial charge in [-0.1, -0.05) is 24.3 Å². The molecule has 1 unspecified atom stereocenters. The number of likely N-dealkylation sites (N-methyl/N-ethyl adjacent to an activating group) is 1. The van der Waals surface area contributed by atoms with E-state index in [4.69, 9.17) is 9.47 Å². The van der Waals surface area contributed by atoms with Crippen molar-refractivity contribution in [2.75, 3.05) is 20.2 Å². The minimum atomic E-state index is -0.165. The summed E-state index contributed by atoms with van der Waals surface area (Å²) < 4.78 is 11.5. The van der Waals surface area contributed by atoms with Crippen LogP contribution in [0, 0.1) is 0 Å². The van der Waals surface area contributed by atoms with Crippen LogP contribution in [-0.4, -0.2) is 32.1 Å². The topological polar surface area (TPSA) is 59.6 Å². The predicted octanol–water partition coefficient (Wildman–Crippen LogP) is 3.22. The average molecular weight is 328 g/mol. The maximum absolute atomic E-state index is 12.4. The van der Waals surface area contributed by atoms with Crippen LogP contribution in [0.3, 0.4) is 0 Å². The first-order valence-electron chi connectivity index (χ1n) is 8.09. The molecule has 5 heteroatoms. The summed E-state index contributed by atoms with van der Waals surface area (Å²) in [7, 11) is 1.86. The molecular weight excluding hydrogens is 304 g/mol. The van der Waals surface area contributed by atoms with Gasteiger partial charge in [-0.25, -0.2) is 0 Å². The molecule has 1 atom stereocenters. The van der Waals surface area contributed by atoms with E-state index < -0.39 is 0 Å². The maximum Gasteiger partial charge on any atom is 0.255 e. The lowest BCUT2D eigenvalue weighted by Crippen LogP contribution is -2.37. The lowest BCUT2D eigenvalue weighted by atomic mass is 10.2. The van der Waals surface area contributed by atoms with Crippen LogP contribution in [0.5, 0.6) is 17.2 Å². The van der Waals surface area contributed by atoms with E-state index in [1.165, 1.54) is 0 Å². The molecule has 2 N–H and O–H groups in total. The monoisotopic (exact) mass is 328 g/mol. The minimum absolute atomic E-state index is 0.165. The smallest absolute Gasteiger partial charge is 0.255 e. The number of hydrogen-bond acceptors (Lipinski definition) is 4. The first-order chi connectivity index (χ1) is 11.7. The van der Waals surface area contributed by atoms with Crippen LogP contribution in [0.25, 0.3) is 0 Å². The first kappa shape index (κ1) is 17.8. The number of amides is 1. The van der Waals surface area contributed by atoms with Crippen molar-refractivity contribution in [2.24, 2.45) is 0 Å². The third-order valence-corrected chi connectivity index (χ3v) is 3.56. The highest BCUT2D eigenvalue weighted by atomic mass is 16.5. The zero-order chi connectivity index (χ0) is 17.4. The summed E-state index contributed by atoms with van der Waals surface area (Å²) in [5.41, 5.74) is 0.493. The zero-order valence-electron chi connectivity index (χ0n) is 14.3. The summed E-state index contributed by atoms with van der Waals surface area (Å²) in [5.74, 6) is 1.57. The first-order valence-corrected chi connectivity index (χ1v) is 8.09. The van der Waals surface area contributed by atoms with E-state index in [1.807, 2.05) is 57.3 Å². The molecule has 2 aromatic rings. The fourth-order valence-electron chi connectivity index (χ4n) is 2.11. The molecule has 0 aliphatic rings. The van der Waals surface area contributed by atoms with E-state index in [1.54, 1.807) is 12.1 Å². The standard InChI is InChI=1S/C19H24N2O3/c1-4-23-17-11-7-8-12-18(17)24-16-10-6-5-9-15(16)19(22)21-13-14(2)20-3/h5-12,14,20H,4,13H2,1-3H3,(H,21,22). The van der Waals surface area contributed by atoms with Crippen molar-refractivity contribution < 1.29 is 14.3 Å². The van der Waals surface area contributed by atoms with E-state index in [-0.39, 0.29) is 11.9 Å². The fourth-order valence-corrected chi connectivity index (χ4v) is 2.11. The van der Waals surface area contributed by atoms with E-state index in [9.17, 15) is 4.79 Å². The molecule has 0 bridgehead atoms. The van der Waals surface area contributed by atoms with Crippen LogP contribution in [-0.2, 0) is 0 Å². The average Bonchev–Trinajstić information content (AvgIpc) is 2.61. The van der Waals surface area contributed by atoms with Crippen molar-refractivity contribution in [1.82, 2.24) is 10.6 Å². The predicted molar refractivity (Wildman–Crippen MR) is 95.0 cm³/mol. The van der Waals surface area contributed by atoms with Crippen LogP contribution in [0.2, 0.25) is 0 Å². The molecule has 5 nitrogen and oxygen atoms in total. The molecule has 0 aliphatic heterocycles. The van der Waals surface area contributed by atoms with Crippen molar-refractivity contribution in [3.8, 4) is 17.2 Å². The number of benzene rings is 2. The van der Waals surface area contributed by atoms with E-state index >= 15 is 0 Å². The Hall–Kier alpha value is -2.53. The Morgan fingerprint density at radius 2 is 1.67 bits per heavy atom. The largest absolute Gasteiger partial charge is 0.490 e. The Bertz CT molecular complexity index is 673. The van der Waals surface area contributed by atoms with E-state index in [0.29, 0.717) is 36.0 Å². The Labute approximate surface area is 143 Å². The van der Waals surface area contributed by atoms with Gasteiger partial charge in [0.05, 0.1) is 12.2 Å². The molecular formula is C19H24N2O3. The number of carbonyl (C=O) groups excluding carboxylic acids is 1. The summed E-state index contributed by atoms with van der Waals surface area (Å²) in [4.78, 5) is 12.4. The van der Waals surface area contributed by atoms with Crippen LogP contribution >= 0.6 is 0 Å². The van der Waals surface area contributed by atoms with Gasteiger partial charge in [0.2, 0.25) is 0 Å². The highest BCUT2D eigenvalue weighted by Crippen LogP contribution is 2.32. The van der Waals surface area contributed by atoms with Crippen LogP contribution < -0.4 is 20.1 Å². The number of carbonyl (C=O) groups is 1. The summed E-state index contributed by atoms with van der Waals surface area (Å²) in [6, 6.07) is 14.8. The quantitative estimate of drug-likeness (QED) is 0.781. The Kier molecular flexibility index (Phi) is 6.63. The Morgan fingerprint density at radius 3 is 2.33 bits per heavy atom. The molecule has 128 valence electrons. The zero-order valence-corrected chi connectivity index (χ0v) is 14.3. The van der Waals surface area contributed by atoms with Gasteiger partial charge in [0.15, 0.2) is 11.5 Å². The summed E-state index contributed by atoms with van der Waals surface area (Å²) >= 11 is 0. The second-order valence-corrected chi connectivity index (χ2v) is 5.38. The molecule has 0 radical (unpaired) electrons. The molecule has 2 rings (SSSR count). The van der Waals surface area contributed by atoms with E-state index in [0.717, 1.165) is 0 Å². The lowest BCUT2D eigenvalue weighted by Gasteiger charge is -2.15. The van der Waals surface area contributed by atoms with Crippen molar-refractivity contribution in [2.45, 2.75) is 19.9 Å². The van der Waals surface area contributed by atoms with Crippen molar-refractivity contribution in [3.63, 3.8) is 0 Å². The van der Waals surface area contributed by atoms with Gasteiger partial charge in [0.1, 0.15) is 5.75 Å². The second kappa shape index (κ2) is 8.93. The van der Waals surface area contributed by atoms with Crippen molar-refractivity contribution >= 4 is 5.91 Å². The van der Waals surface area contributed by atoms with Gasteiger partial charge in [-0.3, -0.25) is 4.79 Å². The number of nitrogens with one attached hydrogen (secondary N) is 2. The van der Waals surface area contributed by atoms with Crippen LogP contribution in [0.4, 0.5) is 0 Å². The van der Waals surface area contributed by atoms with Gasteiger partial charge in [-0.05, 0) is 45.2 Å². The Morgan fingerprint density at radius 1 is 1.04 bits per heavy atom. The third-order valence-electron chi connectivity index (χ3n) is 3.56. The van der Waals surface area contributed by atoms with Crippen molar-refractivity contribution in [1.29, 1.82) is 0 Å². The highest BCUT2D eigenvalue weighted by Gasteiger charge is 2.14. The summed E-state index contributed by atoms with van der Waals surface area (Å²) in [5, 5.41) is 5.99. The van der Waals surface area contributed by atoms with Gasteiger partial charge < -0.3 is 20.1 Å². The normalized spacial score (nSPS) is 11.6. The molecule has 24 heavy (non-hydrogen) atoms. The third kappa shape index (κ3) is 4.73. The van der Waals surface area contributed by atoms with Crippen molar-refractivity contribution in [3.05, 3.63) is 54.1 Å². The van der Waals surface area contributed by atoms with Gasteiger partial charge >= 0.3 is 0 Å². The van der Waals surface area contributed by atoms with E-state index in [2.05, 4.69) is 10.6 Å². The van der Waals surface area contributed by atoms with Gasteiger partial charge in [-0.2, -0.15) is 0 Å². The van der Waals surface area contributed by atoms with Gasteiger partial charge in [0.25, 0.3) is 5.91 Å². The highest BCUT2D eigenvalue weighted by molar-refractivity contribution is 5.97. The Balaban J connectivity index is 2.19. The molecule has 0 fully saturated rings. The minimum Gasteiger partial charge on any atom is -0.490 e. The number of para-hydroxylation sites is 3. The summed E-state index contributed by atoms with van der Waals surface area (Å²) in [6.07, 6.45) is 0. The van der Waals surface area contributed by atoms with Crippen LogP contribution in [0.1, 0.15) is 24.2 Å². The molecule has 0 aliphatic carbocycles. The SMILES string of the molecule is CCOc1ccccc1Oc1ccccc1C(=O)NCC(C)NC. The molecule has 0 saturated carbocycles. The number of rotatable bonds is 8. The lowest BCUT2D eigenvalue weighted by molar-refractivity contribution is 0.0948. The molecule has 0 spiro atoms. The molecule has 0 saturated heterocycles.